The predicted octanol–water partition coefficient (Wildman–Crippen LogP) is 4.32. The Morgan fingerprint density at radius 1 is 1.11 bits per heavy atom. The lowest BCUT2D eigenvalue weighted by Gasteiger charge is -2.28. The molecule has 6 nitrogen and oxygen atoms in total. The van der Waals surface area contributed by atoms with Crippen LogP contribution in [-0.4, -0.2) is 73.0 Å². The van der Waals surface area contributed by atoms with Crippen molar-refractivity contribution in [2.24, 2.45) is 0 Å². The maximum Gasteiger partial charge on any atom is 0.244 e. The number of nitrogens with zero attached hydrogens (tertiary/aromatic N) is 2. The third kappa shape index (κ3) is 8.42. The smallest absolute Gasteiger partial charge is 0.244 e. The number of carbonyl (C=O) groups is 2. The van der Waals surface area contributed by atoms with Gasteiger partial charge in [-0.1, -0.05) is 61.0 Å². The average Bonchev–Trinajstić information content (AvgIpc) is 3.39. The lowest BCUT2D eigenvalue weighted by molar-refractivity contribution is -0.133. The molecular formula is C30H39ClN4O2. The van der Waals surface area contributed by atoms with Crippen LogP contribution < -0.4 is 10.6 Å². The van der Waals surface area contributed by atoms with Gasteiger partial charge in [-0.2, -0.15) is 0 Å². The van der Waals surface area contributed by atoms with Crippen molar-refractivity contribution in [2.75, 3.05) is 39.3 Å². The van der Waals surface area contributed by atoms with E-state index in [1.165, 1.54) is 18.4 Å². The Bertz CT molecular complexity index is 1040. The summed E-state index contributed by atoms with van der Waals surface area (Å²) >= 11 is 5.93. The van der Waals surface area contributed by atoms with Crippen molar-refractivity contribution in [2.45, 2.75) is 50.6 Å². The Labute approximate surface area is 226 Å². The van der Waals surface area contributed by atoms with Gasteiger partial charge in [-0.3, -0.25) is 9.59 Å². The van der Waals surface area contributed by atoms with E-state index in [9.17, 15) is 9.59 Å². The second-order valence-electron chi connectivity index (χ2n) is 10.3. The van der Waals surface area contributed by atoms with Gasteiger partial charge in [0.05, 0.1) is 6.04 Å². The molecule has 2 amide bonds. The number of nitrogens with one attached hydrogen (secondary N) is 2. The molecule has 2 heterocycles. The third-order valence-corrected chi connectivity index (χ3v) is 7.66. The molecular weight excluding hydrogens is 484 g/mol. The lowest BCUT2D eigenvalue weighted by atomic mass is 10.0. The largest absolute Gasteiger partial charge is 0.351 e. The van der Waals surface area contributed by atoms with E-state index in [4.69, 9.17) is 11.6 Å². The quantitative estimate of drug-likeness (QED) is 0.456. The van der Waals surface area contributed by atoms with Gasteiger partial charge in [0.25, 0.3) is 0 Å². The molecule has 0 radical (unpaired) electrons. The van der Waals surface area contributed by atoms with E-state index < -0.39 is 0 Å². The second kappa shape index (κ2) is 13.8. The highest BCUT2D eigenvalue weighted by molar-refractivity contribution is 6.30. The maximum absolute atomic E-state index is 13.6. The Balaban J connectivity index is 1.36. The van der Waals surface area contributed by atoms with Crippen LogP contribution in [0.25, 0.3) is 6.08 Å². The number of amides is 2. The van der Waals surface area contributed by atoms with Crippen LogP contribution in [0.2, 0.25) is 5.02 Å². The zero-order chi connectivity index (χ0) is 26.0. The molecule has 3 atom stereocenters. The molecule has 3 unspecified atom stereocenters. The average molecular weight is 523 g/mol. The van der Waals surface area contributed by atoms with Crippen LogP contribution in [0.1, 0.15) is 49.7 Å². The molecule has 4 rings (SSSR count). The number of likely N-dealkylation sites (tertiary alicyclic amines) is 1. The number of halogens is 1. The Kier molecular flexibility index (Phi) is 10.2. The van der Waals surface area contributed by atoms with Gasteiger partial charge in [0, 0.05) is 43.3 Å². The van der Waals surface area contributed by atoms with Gasteiger partial charge in [-0.05, 0) is 74.0 Å². The molecule has 0 bridgehead atoms. The van der Waals surface area contributed by atoms with Crippen LogP contribution in [0.4, 0.5) is 0 Å². The Morgan fingerprint density at radius 2 is 1.84 bits per heavy atom. The Hall–Kier alpha value is -2.67. The first-order valence-corrected chi connectivity index (χ1v) is 13.9. The molecule has 0 saturated carbocycles. The van der Waals surface area contributed by atoms with Gasteiger partial charge in [0.1, 0.15) is 0 Å². The van der Waals surface area contributed by atoms with Crippen LogP contribution in [0, 0.1) is 0 Å². The van der Waals surface area contributed by atoms with Crippen molar-refractivity contribution >= 4 is 29.5 Å². The summed E-state index contributed by atoms with van der Waals surface area (Å²) in [6.07, 6.45) is 7.39. The molecule has 2 N–H and O–H groups in total. The molecule has 0 aliphatic carbocycles. The minimum absolute atomic E-state index is 0.0393. The summed E-state index contributed by atoms with van der Waals surface area (Å²) in [4.78, 5) is 30.6. The summed E-state index contributed by atoms with van der Waals surface area (Å²) in [6.45, 7) is 7.22. The topological polar surface area (TPSA) is 64.7 Å². The summed E-state index contributed by atoms with van der Waals surface area (Å²) in [5, 5.41) is 7.29. The molecule has 2 aromatic carbocycles. The number of hydrogen-bond acceptors (Lipinski definition) is 4. The van der Waals surface area contributed by atoms with Gasteiger partial charge < -0.3 is 20.4 Å². The van der Waals surface area contributed by atoms with E-state index in [1.807, 2.05) is 23.1 Å². The molecule has 7 heteroatoms. The molecule has 0 aromatic heterocycles. The summed E-state index contributed by atoms with van der Waals surface area (Å²) in [6, 6.07) is 17.5. The highest BCUT2D eigenvalue weighted by Crippen LogP contribution is 2.20. The van der Waals surface area contributed by atoms with E-state index in [0.29, 0.717) is 24.7 Å². The van der Waals surface area contributed by atoms with E-state index in [0.717, 1.165) is 38.0 Å². The molecule has 0 spiro atoms. The number of rotatable bonds is 10. The van der Waals surface area contributed by atoms with Crippen LogP contribution in [-0.2, 0) is 9.59 Å². The van der Waals surface area contributed by atoms with Crippen LogP contribution in [0.3, 0.4) is 0 Å². The monoisotopic (exact) mass is 522 g/mol. The van der Waals surface area contributed by atoms with Crippen molar-refractivity contribution in [3.63, 3.8) is 0 Å². The second-order valence-corrected chi connectivity index (χ2v) is 10.7. The highest BCUT2D eigenvalue weighted by Gasteiger charge is 2.32. The molecule has 198 valence electrons. The molecule has 2 aliphatic rings. The van der Waals surface area contributed by atoms with Crippen molar-refractivity contribution in [1.82, 2.24) is 20.4 Å². The lowest BCUT2D eigenvalue weighted by Crippen LogP contribution is -2.50. The first-order chi connectivity index (χ1) is 18.0. The highest BCUT2D eigenvalue weighted by atomic mass is 35.5. The SMILES string of the molecule is CC(CN1CCC(CNC(=O)/C=C/c2ccc(Cl)cc2)NC(CCN2CCCC2)C1=O)c1ccccc1. The molecule has 37 heavy (non-hydrogen) atoms. The summed E-state index contributed by atoms with van der Waals surface area (Å²) in [5.74, 6) is 0.299. The van der Waals surface area contributed by atoms with Crippen molar-refractivity contribution in [3.8, 4) is 0 Å². The van der Waals surface area contributed by atoms with E-state index in [2.05, 4.69) is 46.7 Å². The van der Waals surface area contributed by atoms with Crippen molar-refractivity contribution in [1.29, 1.82) is 0 Å². The molecule has 2 aromatic rings. The fourth-order valence-electron chi connectivity index (χ4n) is 5.19. The van der Waals surface area contributed by atoms with E-state index >= 15 is 0 Å². The molecule has 2 aliphatic heterocycles. The van der Waals surface area contributed by atoms with E-state index in [1.54, 1.807) is 24.3 Å². The van der Waals surface area contributed by atoms with E-state index in [-0.39, 0.29) is 29.8 Å². The van der Waals surface area contributed by atoms with Gasteiger partial charge in [0.2, 0.25) is 11.8 Å². The summed E-state index contributed by atoms with van der Waals surface area (Å²) < 4.78 is 0. The third-order valence-electron chi connectivity index (χ3n) is 7.41. The molecule has 2 fully saturated rings. The first-order valence-electron chi connectivity index (χ1n) is 13.5. The standard InChI is InChI=1S/C30H39ClN4O2/c1-23(25-7-3-2-4-8-25)22-35-20-15-27(33-28(30(35)37)16-19-34-17-5-6-18-34)21-32-29(36)14-11-24-9-12-26(31)13-10-24/h2-4,7-14,23,27-28,33H,5-6,15-22H2,1H3,(H,32,36)/b14-11+. The van der Waals surface area contributed by atoms with Gasteiger partial charge in [-0.15, -0.1) is 0 Å². The fraction of sp³-hybridized carbons (Fsp3) is 0.467. The van der Waals surface area contributed by atoms with Crippen LogP contribution in [0.5, 0.6) is 0 Å². The summed E-state index contributed by atoms with van der Waals surface area (Å²) in [5.41, 5.74) is 2.17. The first kappa shape index (κ1) is 27.4. The Morgan fingerprint density at radius 3 is 2.57 bits per heavy atom. The normalized spacial score (nSPS) is 21.8. The van der Waals surface area contributed by atoms with Crippen molar-refractivity contribution < 1.29 is 9.59 Å². The summed E-state index contributed by atoms with van der Waals surface area (Å²) in [7, 11) is 0. The van der Waals surface area contributed by atoms with Gasteiger partial charge >= 0.3 is 0 Å². The molecule has 2 saturated heterocycles. The van der Waals surface area contributed by atoms with Gasteiger partial charge in [0.15, 0.2) is 0 Å². The predicted molar refractivity (Wildman–Crippen MR) is 151 cm³/mol. The van der Waals surface area contributed by atoms with Gasteiger partial charge in [-0.25, -0.2) is 0 Å². The zero-order valence-electron chi connectivity index (χ0n) is 21.7. The zero-order valence-corrected chi connectivity index (χ0v) is 22.5. The van der Waals surface area contributed by atoms with Crippen LogP contribution >= 0.6 is 11.6 Å². The fourth-order valence-corrected chi connectivity index (χ4v) is 5.32. The minimum atomic E-state index is -0.238. The maximum atomic E-state index is 13.6. The van der Waals surface area contributed by atoms with Crippen LogP contribution in [0.15, 0.2) is 60.7 Å². The minimum Gasteiger partial charge on any atom is -0.351 e. The van der Waals surface area contributed by atoms with Crippen molar-refractivity contribution in [3.05, 3.63) is 76.8 Å². The number of benzene rings is 2. The number of hydrogen-bond donors (Lipinski definition) is 2. The number of carbonyl (C=O) groups excluding carboxylic acids is 2.